The lowest BCUT2D eigenvalue weighted by atomic mass is 9.87. The SMILES string of the molecule is CC(C)(C)c1cc(OC2CC2)ncc1F. The largest absolute Gasteiger partial charge is 0.474 e. The third-order valence-corrected chi connectivity index (χ3v) is 2.45. The zero-order valence-corrected chi connectivity index (χ0v) is 9.38. The molecule has 82 valence electrons. The molecule has 0 bridgehead atoms. The van der Waals surface area contributed by atoms with Crippen LogP contribution in [-0.4, -0.2) is 11.1 Å². The van der Waals surface area contributed by atoms with E-state index in [4.69, 9.17) is 4.74 Å². The Balaban J connectivity index is 2.27. The first-order chi connectivity index (χ1) is 6.97. The molecule has 0 unspecified atom stereocenters. The second-order valence-electron chi connectivity index (χ2n) is 5.07. The van der Waals surface area contributed by atoms with Gasteiger partial charge < -0.3 is 4.74 Å². The first-order valence-electron chi connectivity index (χ1n) is 5.29. The van der Waals surface area contributed by atoms with Gasteiger partial charge >= 0.3 is 0 Å². The van der Waals surface area contributed by atoms with Gasteiger partial charge in [0.25, 0.3) is 0 Å². The molecule has 15 heavy (non-hydrogen) atoms. The van der Waals surface area contributed by atoms with Crippen molar-refractivity contribution < 1.29 is 9.13 Å². The van der Waals surface area contributed by atoms with Gasteiger partial charge in [0.2, 0.25) is 5.88 Å². The Hall–Kier alpha value is -1.12. The Morgan fingerprint density at radius 2 is 2.07 bits per heavy atom. The van der Waals surface area contributed by atoms with Gasteiger partial charge in [-0.1, -0.05) is 20.8 Å². The molecule has 0 atom stereocenters. The van der Waals surface area contributed by atoms with E-state index in [-0.39, 0.29) is 11.2 Å². The summed E-state index contributed by atoms with van der Waals surface area (Å²) >= 11 is 0. The minimum Gasteiger partial charge on any atom is -0.474 e. The van der Waals surface area contributed by atoms with Crippen LogP contribution < -0.4 is 4.74 Å². The van der Waals surface area contributed by atoms with Crippen LogP contribution in [0.2, 0.25) is 0 Å². The Morgan fingerprint density at radius 1 is 1.40 bits per heavy atom. The predicted octanol–water partition coefficient (Wildman–Crippen LogP) is 3.06. The van der Waals surface area contributed by atoms with E-state index in [1.165, 1.54) is 6.20 Å². The Labute approximate surface area is 89.5 Å². The van der Waals surface area contributed by atoms with Crippen LogP contribution in [0.5, 0.6) is 5.88 Å². The third kappa shape index (κ3) is 2.46. The lowest BCUT2D eigenvalue weighted by Gasteiger charge is -2.20. The van der Waals surface area contributed by atoms with Gasteiger partial charge in [0.1, 0.15) is 11.9 Å². The Kier molecular flexibility index (Phi) is 2.41. The summed E-state index contributed by atoms with van der Waals surface area (Å²) in [5.41, 5.74) is 0.447. The Morgan fingerprint density at radius 3 is 2.60 bits per heavy atom. The molecule has 2 rings (SSSR count). The number of hydrogen-bond acceptors (Lipinski definition) is 2. The van der Waals surface area contributed by atoms with Crippen molar-refractivity contribution in [2.75, 3.05) is 0 Å². The summed E-state index contributed by atoms with van der Waals surface area (Å²) < 4.78 is 19.0. The van der Waals surface area contributed by atoms with E-state index < -0.39 is 0 Å². The van der Waals surface area contributed by atoms with E-state index in [9.17, 15) is 4.39 Å². The van der Waals surface area contributed by atoms with Gasteiger partial charge in [0.15, 0.2) is 0 Å². The molecule has 3 heteroatoms. The van der Waals surface area contributed by atoms with Crippen molar-refractivity contribution >= 4 is 0 Å². The highest BCUT2D eigenvalue weighted by molar-refractivity contribution is 5.28. The fourth-order valence-corrected chi connectivity index (χ4v) is 1.42. The molecule has 1 aromatic heterocycles. The number of pyridine rings is 1. The second kappa shape index (κ2) is 3.47. The standard InChI is InChI=1S/C12H16FNO/c1-12(2,3)9-6-11(14-7-10(9)13)15-8-4-5-8/h6-8H,4-5H2,1-3H3. The van der Waals surface area contributed by atoms with Crippen LogP contribution >= 0.6 is 0 Å². The first-order valence-corrected chi connectivity index (χ1v) is 5.29. The number of halogens is 1. The van der Waals surface area contributed by atoms with E-state index in [1.54, 1.807) is 6.07 Å². The highest BCUT2D eigenvalue weighted by atomic mass is 19.1. The number of nitrogens with zero attached hydrogens (tertiary/aromatic N) is 1. The molecule has 0 N–H and O–H groups in total. The summed E-state index contributed by atoms with van der Waals surface area (Å²) in [6.07, 6.45) is 3.72. The lowest BCUT2D eigenvalue weighted by molar-refractivity contribution is 0.288. The number of hydrogen-bond donors (Lipinski definition) is 0. The maximum absolute atomic E-state index is 13.5. The molecule has 1 saturated carbocycles. The monoisotopic (exact) mass is 209 g/mol. The van der Waals surface area contributed by atoms with Gasteiger partial charge in [0, 0.05) is 11.6 Å². The number of aromatic nitrogens is 1. The average molecular weight is 209 g/mol. The summed E-state index contributed by atoms with van der Waals surface area (Å²) in [5, 5.41) is 0. The fraction of sp³-hybridized carbons (Fsp3) is 0.583. The van der Waals surface area contributed by atoms with Gasteiger partial charge in [-0.05, 0) is 18.3 Å². The summed E-state index contributed by atoms with van der Waals surface area (Å²) in [4.78, 5) is 3.94. The predicted molar refractivity (Wildman–Crippen MR) is 56.5 cm³/mol. The molecule has 0 amide bonds. The van der Waals surface area contributed by atoms with Crippen molar-refractivity contribution in [3.63, 3.8) is 0 Å². The van der Waals surface area contributed by atoms with Crippen LogP contribution in [0.1, 0.15) is 39.2 Å². The minimum absolute atomic E-state index is 0.214. The Bertz CT molecular complexity index is 366. The van der Waals surface area contributed by atoms with Crippen molar-refractivity contribution in [2.24, 2.45) is 0 Å². The van der Waals surface area contributed by atoms with E-state index >= 15 is 0 Å². The second-order valence-corrected chi connectivity index (χ2v) is 5.07. The summed E-state index contributed by atoms with van der Waals surface area (Å²) in [6, 6.07) is 1.72. The highest BCUT2D eigenvalue weighted by Crippen LogP contribution is 2.30. The first kappa shape index (κ1) is 10.4. The topological polar surface area (TPSA) is 22.1 Å². The van der Waals surface area contributed by atoms with Crippen molar-refractivity contribution in [2.45, 2.75) is 45.1 Å². The molecule has 0 radical (unpaired) electrons. The van der Waals surface area contributed by atoms with Gasteiger partial charge in [-0.25, -0.2) is 9.37 Å². The zero-order chi connectivity index (χ0) is 11.1. The van der Waals surface area contributed by atoms with Crippen LogP contribution in [0.25, 0.3) is 0 Å². The summed E-state index contributed by atoms with van der Waals surface area (Å²) in [6.45, 7) is 5.94. The van der Waals surface area contributed by atoms with Crippen LogP contribution in [0, 0.1) is 5.82 Å². The normalized spacial score (nSPS) is 16.5. The van der Waals surface area contributed by atoms with Crippen LogP contribution in [0.15, 0.2) is 12.3 Å². The van der Waals surface area contributed by atoms with E-state index in [0.29, 0.717) is 17.5 Å². The van der Waals surface area contributed by atoms with Crippen LogP contribution in [-0.2, 0) is 5.41 Å². The quantitative estimate of drug-likeness (QED) is 0.746. The van der Waals surface area contributed by atoms with Crippen molar-refractivity contribution in [3.05, 3.63) is 23.6 Å². The molecule has 2 nitrogen and oxygen atoms in total. The smallest absolute Gasteiger partial charge is 0.213 e. The zero-order valence-electron chi connectivity index (χ0n) is 9.38. The van der Waals surface area contributed by atoms with Crippen molar-refractivity contribution in [1.29, 1.82) is 0 Å². The average Bonchev–Trinajstić information content (AvgIpc) is 2.90. The molecule has 1 aromatic rings. The van der Waals surface area contributed by atoms with Crippen molar-refractivity contribution in [3.8, 4) is 5.88 Å². The maximum Gasteiger partial charge on any atom is 0.213 e. The van der Waals surface area contributed by atoms with E-state index in [1.807, 2.05) is 20.8 Å². The van der Waals surface area contributed by atoms with Crippen LogP contribution in [0.4, 0.5) is 4.39 Å². The maximum atomic E-state index is 13.5. The lowest BCUT2D eigenvalue weighted by Crippen LogP contribution is -2.14. The number of rotatable bonds is 2. The molecule has 1 heterocycles. The molecule has 1 aliphatic carbocycles. The van der Waals surface area contributed by atoms with Gasteiger partial charge in [0.05, 0.1) is 6.20 Å². The summed E-state index contributed by atoms with van der Waals surface area (Å²) in [5.74, 6) is 0.287. The van der Waals surface area contributed by atoms with Gasteiger partial charge in [-0.2, -0.15) is 0 Å². The third-order valence-electron chi connectivity index (χ3n) is 2.45. The van der Waals surface area contributed by atoms with Gasteiger partial charge in [-0.15, -0.1) is 0 Å². The van der Waals surface area contributed by atoms with E-state index in [0.717, 1.165) is 12.8 Å². The number of ether oxygens (including phenoxy) is 1. The molecule has 0 aliphatic heterocycles. The molecule has 0 saturated heterocycles. The molecule has 0 aromatic carbocycles. The molecule has 1 aliphatic rings. The fourth-order valence-electron chi connectivity index (χ4n) is 1.42. The molecule has 0 spiro atoms. The molecular weight excluding hydrogens is 193 g/mol. The van der Waals surface area contributed by atoms with Crippen LogP contribution in [0.3, 0.4) is 0 Å². The molecular formula is C12H16FNO. The highest BCUT2D eigenvalue weighted by Gasteiger charge is 2.25. The minimum atomic E-state index is -0.259. The summed E-state index contributed by atoms with van der Waals surface area (Å²) in [7, 11) is 0. The van der Waals surface area contributed by atoms with E-state index in [2.05, 4.69) is 4.98 Å². The van der Waals surface area contributed by atoms with Crippen molar-refractivity contribution in [1.82, 2.24) is 4.98 Å². The molecule has 1 fully saturated rings. The van der Waals surface area contributed by atoms with Gasteiger partial charge in [-0.3, -0.25) is 0 Å².